The molecule has 104 valence electrons. The summed E-state index contributed by atoms with van der Waals surface area (Å²) in [5, 5.41) is 3.27. The van der Waals surface area contributed by atoms with E-state index >= 15 is 0 Å². The second-order valence-corrected chi connectivity index (χ2v) is 4.99. The van der Waals surface area contributed by atoms with Crippen molar-refractivity contribution in [3.63, 3.8) is 0 Å². The van der Waals surface area contributed by atoms with Crippen LogP contribution in [0.1, 0.15) is 49.4 Å². The van der Waals surface area contributed by atoms with Gasteiger partial charge in [0.15, 0.2) is 0 Å². The molecule has 1 aromatic heterocycles. The summed E-state index contributed by atoms with van der Waals surface area (Å²) in [5.41, 5.74) is 0.524. The highest BCUT2D eigenvalue weighted by Gasteiger charge is 2.16. The third kappa shape index (κ3) is 3.94. The Labute approximate surface area is 114 Å². The van der Waals surface area contributed by atoms with Gasteiger partial charge in [-0.05, 0) is 31.4 Å². The van der Waals surface area contributed by atoms with Crippen LogP contribution >= 0.6 is 0 Å². The zero-order valence-electron chi connectivity index (χ0n) is 11.5. The number of anilines is 1. The number of ether oxygens (including phenoxy) is 1. The number of carbonyl (C=O) groups is 1. The predicted octanol–water partition coefficient (Wildman–Crippen LogP) is 3.25. The molecule has 1 aliphatic carbocycles. The van der Waals surface area contributed by atoms with Crippen LogP contribution in [0.4, 0.5) is 5.82 Å². The lowest BCUT2D eigenvalue weighted by molar-refractivity contribution is 0.0527. The van der Waals surface area contributed by atoms with Crippen molar-refractivity contribution in [2.45, 2.75) is 39.0 Å². The van der Waals surface area contributed by atoms with Crippen LogP contribution in [-0.2, 0) is 4.74 Å². The second-order valence-electron chi connectivity index (χ2n) is 4.99. The average Bonchev–Trinajstić information content (AvgIpc) is 2.93. The molecule has 1 aromatic rings. The Hall–Kier alpha value is -1.58. The van der Waals surface area contributed by atoms with E-state index in [4.69, 9.17) is 4.74 Å². The number of aromatic nitrogens is 1. The van der Waals surface area contributed by atoms with Gasteiger partial charge in [-0.1, -0.05) is 25.7 Å². The van der Waals surface area contributed by atoms with E-state index in [2.05, 4.69) is 10.3 Å². The van der Waals surface area contributed by atoms with Crippen LogP contribution in [0.25, 0.3) is 0 Å². The van der Waals surface area contributed by atoms with Crippen molar-refractivity contribution in [2.24, 2.45) is 5.92 Å². The summed E-state index contributed by atoms with van der Waals surface area (Å²) in [6.07, 6.45) is 8.26. The third-order valence-electron chi connectivity index (χ3n) is 3.62. The molecule has 4 heteroatoms. The van der Waals surface area contributed by atoms with Gasteiger partial charge in [0.1, 0.15) is 11.4 Å². The summed E-state index contributed by atoms with van der Waals surface area (Å²) < 4.78 is 5.03. The van der Waals surface area contributed by atoms with E-state index in [0.29, 0.717) is 18.0 Å². The van der Waals surface area contributed by atoms with Crippen molar-refractivity contribution < 1.29 is 9.53 Å². The Morgan fingerprint density at radius 1 is 1.47 bits per heavy atom. The minimum Gasteiger partial charge on any atom is -0.462 e. The van der Waals surface area contributed by atoms with E-state index in [1.165, 1.54) is 25.7 Å². The molecule has 0 saturated heterocycles. The first-order valence-electron chi connectivity index (χ1n) is 7.17. The van der Waals surface area contributed by atoms with E-state index in [9.17, 15) is 4.79 Å². The van der Waals surface area contributed by atoms with Crippen LogP contribution in [0.2, 0.25) is 0 Å². The summed E-state index contributed by atoms with van der Waals surface area (Å²) >= 11 is 0. The first kappa shape index (κ1) is 13.8. The summed E-state index contributed by atoms with van der Waals surface area (Å²) in [6, 6.07) is 3.51. The number of rotatable bonds is 6. The summed E-state index contributed by atoms with van der Waals surface area (Å²) in [7, 11) is 0. The lowest BCUT2D eigenvalue weighted by Crippen LogP contribution is -2.13. The summed E-state index contributed by atoms with van der Waals surface area (Å²) in [4.78, 5) is 16.0. The molecule has 1 N–H and O–H groups in total. The van der Waals surface area contributed by atoms with E-state index in [1.54, 1.807) is 18.3 Å². The second kappa shape index (κ2) is 7.12. The Kier molecular flexibility index (Phi) is 5.19. The van der Waals surface area contributed by atoms with E-state index in [1.807, 2.05) is 6.92 Å². The fourth-order valence-electron chi connectivity index (χ4n) is 2.61. The lowest BCUT2D eigenvalue weighted by atomic mass is 10.0. The number of nitrogens with one attached hydrogen (secondary N) is 1. The smallest absolute Gasteiger partial charge is 0.341 e. The van der Waals surface area contributed by atoms with E-state index in [0.717, 1.165) is 18.9 Å². The monoisotopic (exact) mass is 262 g/mol. The molecule has 0 radical (unpaired) electrons. The zero-order valence-corrected chi connectivity index (χ0v) is 11.5. The minimum atomic E-state index is -0.307. The van der Waals surface area contributed by atoms with Gasteiger partial charge in [0.25, 0.3) is 0 Å². The molecular formula is C15H22N2O2. The summed E-state index contributed by atoms with van der Waals surface area (Å²) in [6.45, 7) is 3.06. The van der Waals surface area contributed by atoms with Crippen molar-refractivity contribution in [1.29, 1.82) is 0 Å². The Bertz CT molecular complexity index is 414. The van der Waals surface area contributed by atoms with Crippen molar-refractivity contribution in [3.8, 4) is 0 Å². The molecule has 4 nitrogen and oxygen atoms in total. The molecule has 0 atom stereocenters. The molecule has 0 aromatic carbocycles. The van der Waals surface area contributed by atoms with Gasteiger partial charge in [-0.25, -0.2) is 9.78 Å². The quantitative estimate of drug-likeness (QED) is 0.799. The third-order valence-corrected chi connectivity index (χ3v) is 3.62. The van der Waals surface area contributed by atoms with Crippen LogP contribution < -0.4 is 5.32 Å². The Balaban J connectivity index is 1.89. The molecule has 19 heavy (non-hydrogen) atoms. The van der Waals surface area contributed by atoms with Gasteiger partial charge in [0.05, 0.1) is 6.61 Å². The average molecular weight is 262 g/mol. The van der Waals surface area contributed by atoms with Crippen molar-refractivity contribution in [1.82, 2.24) is 4.98 Å². The molecule has 1 fully saturated rings. The molecule has 0 aliphatic heterocycles. The number of pyridine rings is 1. The molecule has 0 bridgehead atoms. The molecule has 2 rings (SSSR count). The van der Waals surface area contributed by atoms with Crippen molar-refractivity contribution in [2.75, 3.05) is 18.5 Å². The van der Waals surface area contributed by atoms with Gasteiger partial charge in [0, 0.05) is 12.7 Å². The predicted molar refractivity (Wildman–Crippen MR) is 75.3 cm³/mol. The topological polar surface area (TPSA) is 51.2 Å². The molecule has 1 heterocycles. The van der Waals surface area contributed by atoms with Crippen LogP contribution in [0, 0.1) is 5.92 Å². The standard InChI is InChI=1S/C15H22N2O2/c1-2-19-15(18)13-8-5-10-16-14(13)17-11-9-12-6-3-4-7-12/h5,8,10,12H,2-4,6-7,9,11H2,1H3,(H,16,17). The maximum Gasteiger partial charge on any atom is 0.341 e. The molecule has 1 aliphatic rings. The number of hydrogen-bond acceptors (Lipinski definition) is 4. The highest BCUT2D eigenvalue weighted by molar-refractivity contribution is 5.94. The van der Waals surface area contributed by atoms with Crippen LogP contribution in [-0.4, -0.2) is 24.1 Å². The van der Waals surface area contributed by atoms with Gasteiger partial charge in [0.2, 0.25) is 0 Å². The highest BCUT2D eigenvalue weighted by Crippen LogP contribution is 2.27. The van der Waals surface area contributed by atoms with Gasteiger partial charge in [-0.3, -0.25) is 0 Å². The van der Waals surface area contributed by atoms with Gasteiger partial charge >= 0.3 is 5.97 Å². The molecule has 0 amide bonds. The SMILES string of the molecule is CCOC(=O)c1cccnc1NCCC1CCCC1. The van der Waals surface area contributed by atoms with Crippen molar-refractivity contribution in [3.05, 3.63) is 23.9 Å². The van der Waals surface area contributed by atoms with Gasteiger partial charge in [-0.15, -0.1) is 0 Å². The lowest BCUT2D eigenvalue weighted by Gasteiger charge is -2.12. The zero-order chi connectivity index (χ0) is 13.5. The normalized spacial score (nSPS) is 15.4. The van der Waals surface area contributed by atoms with Gasteiger partial charge in [-0.2, -0.15) is 0 Å². The maximum atomic E-state index is 11.8. The van der Waals surface area contributed by atoms with Crippen molar-refractivity contribution >= 4 is 11.8 Å². The van der Waals surface area contributed by atoms with Crippen LogP contribution in [0.15, 0.2) is 18.3 Å². The number of nitrogens with zero attached hydrogens (tertiary/aromatic N) is 1. The Morgan fingerprint density at radius 2 is 2.26 bits per heavy atom. The molecule has 0 unspecified atom stereocenters. The minimum absolute atomic E-state index is 0.307. The number of hydrogen-bond donors (Lipinski definition) is 1. The number of esters is 1. The first-order chi connectivity index (χ1) is 9.31. The van der Waals surface area contributed by atoms with Crippen LogP contribution in [0.5, 0.6) is 0 Å². The maximum absolute atomic E-state index is 11.8. The largest absolute Gasteiger partial charge is 0.462 e. The molecule has 1 saturated carbocycles. The highest BCUT2D eigenvalue weighted by atomic mass is 16.5. The van der Waals surface area contributed by atoms with E-state index in [-0.39, 0.29) is 5.97 Å². The Morgan fingerprint density at radius 3 is 3.00 bits per heavy atom. The molecule has 0 spiro atoms. The molecular weight excluding hydrogens is 240 g/mol. The summed E-state index contributed by atoms with van der Waals surface area (Å²) in [5.74, 6) is 1.17. The fraction of sp³-hybridized carbons (Fsp3) is 0.600. The van der Waals surface area contributed by atoms with E-state index < -0.39 is 0 Å². The number of carbonyl (C=O) groups excluding carboxylic acids is 1. The first-order valence-corrected chi connectivity index (χ1v) is 7.17. The fourth-order valence-corrected chi connectivity index (χ4v) is 2.61. The van der Waals surface area contributed by atoms with Gasteiger partial charge < -0.3 is 10.1 Å². The van der Waals surface area contributed by atoms with Crippen LogP contribution in [0.3, 0.4) is 0 Å².